The second kappa shape index (κ2) is 9.17. The number of nitrogens with zero attached hydrogens (tertiary/aromatic N) is 2. The predicted molar refractivity (Wildman–Crippen MR) is 86.8 cm³/mol. The third-order valence-electron chi connectivity index (χ3n) is 4.35. The predicted octanol–water partition coefficient (Wildman–Crippen LogP) is 4.33. The summed E-state index contributed by atoms with van der Waals surface area (Å²) in [6.07, 6.45) is 10.2. The molecule has 0 aliphatic rings. The lowest BCUT2D eigenvalue weighted by Crippen LogP contribution is -2.32. The SMILES string of the molecule is CCCC(CCC)C(N)Cc1ccn(C(CC)CC)n1. The first-order valence-corrected chi connectivity index (χ1v) is 8.45. The van der Waals surface area contributed by atoms with Gasteiger partial charge in [-0.1, -0.05) is 40.5 Å². The van der Waals surface area contributed by atoms with Crippen molar-refractivity contribution in [1.29, 1.82) is 0 Å². The van der Waals surface area contributed by atoms with E-state index in [9.17, 15) is 0 Å². The summed E-state index contributed by atoms with van der Waals surface area (Å²) in [6.45, 7) is 8.94. The van der Waals surface area contributed by atoms with Gasteiger partial charge in [0, 0.05) is 18.7 Å². The summed E-state index contributed by atoms with van der Waals surface area (Å²) in [4.78, 5) is 0. The van der Waals surface area contributed by atoms with Gasteiger partial charge in [0.2, 0.25) is 0 Å². The van der Waals surface area contributed by atoms with Crippen molar-refractivity contribution in [2.24, 2.45) is 11.7 Å². The van der Waals surface area contributed by atoms with Crippen LogP contribution in [0.5, 0.6) is 0 Å². The molecule has 0 radical (unpaired) electrons. The smallest absolute Gasteiger partial charge is 0.0640 e. The van der Waals surface area contributed by atoms with E-state index in [1.807, 2.05) is 0 Å². The highest BCUT2D eigenvalue weighted by molar-refractivity contribution is 5.02. The standard InChI is InChI=1S/C17H33N3/c1-5-9-14(10-6-2)17(18)13-15-11-12-20(19-15)16(7-3)8-4/h11-12,14,16-17H,5-10,13,18H2,1-4H3. The first kappa shape index (κ1) is 17.2. The quantitative estimate of drug-likeness (QED) is 0.692. The van der Waals surface area contributed by atoms with Crippen LogP contribution in [-0.2, 0) is 6.42 Å². The van der Waals surface area contributed by atoms with E-state index in [2.05, 4.69) is 44.6 Å². The summed E-state index contributed by atoms with van der Waals surface area (Å²) in [5.41, 5.74) is 7.58. The molecule has 1 unspecified atom stereocenters. The molecule has 3 heteroatoms. The maximum atomic E-state index is 6.42. The Morgan fingerprint density at radius 2 is 1.70 bits per heavy atom. The van der Waals surface area contributed by atoms with Gasteiger partial charge in [0.25, 0.3) is 0 Å². The zero-order chi connectivity index (χ0) is 15.0. The molecule has 2 N–H and O–H groups in total. The lowest BCUT2D eigenvalue weighted by molar-refractivity contribution is 0.355. The average molecular weight is 279 g/mol. The molecule has 1 heterocycles. The molecule has 0 aliphatic heterocycles. The summed E-state index contributed by atoms with van der Waals surface area (Å²) in [7, 11) is 0. The Bertz CT molecular complexity index is 349. The highest BCUT2D eigenvalue weighted by Gasteiger charge is 2.18. The summed E-state index contributed by atoms with van der Waals surface area (Å²) in [5.74, 6) is 0.642. The fraction of sp³-hybridized carbons (Fsp3) is 0.824. The summed E-state index contributed by atoms with van der Waals surface area (Å²) < 4.78 is 2.12. The summed E-state index contributed by atoms with van der Waals surface area (Å²) in [6, 6.07) is 2.93. The van der Waals surface area contributed by atoms with Crippen molar-refractivity contribution in [3.63, 3.8) is 0 Å². The molecule has 1 aromatic heterocycles. The molecule has 0 bridgehead atoms. The van der Waals surface area contributed by atoms with Crippen LogP contribution < -0.4 is 5.73 Å². The molecule has 1 aromatic rings. The number of aromatic nitrogens is 2. The first-order chi connectivity index (χ1) is 9.65. The van der Waals surface area contributed by atoms with E-state index in [1.54, 1.807) is 0 Å². The Kier molecular flexibility index (Phi) is 7.90. The van der Waals surface area contributed by atoms with E-state index in [0.717, 1.165) is 25.0 Å². The first-order valence-electron chi connectivity index (χ1n) is 8.45. The van der Waals surface area contributed by atoms with Gasteiger partial charge >= 0.3 is 0 Å². The number of hydrogen-bond acceptors (Lipinski definition) is 2. The van der Waals surface area contributed by atoms with Gasteiger partial charge in [0.05, 0.1) is 11.7 Å². The van der Waals surface area contributed by atoms with Gasteiger partial charge in [-0.15, -0.1) is 0 Å². The molecule has 0 saturated carbocycles. The third-order valence-corrected chi connectivity index (χ3v) is 4.35. The topological polar surface area (TPSA) is 43.8 Å². The second-order valence-corrected chi connectivity index (χ2v) is 5.96. The lowest BCUT2D eigenvalue weighted by atomic mass is 9.88. The van der Waals surface area contributed by atoms with Gasteiger partial charge in [0.1, 0.15) is 0 Å². The average Bonchev–Trinajstić information content (AvgIpc) is 2.88. The van der Waals surface area contributed by atoms with Gasteiger partial charge in [0.15, 0.2) is 0 Å². The zero-order valence-corrected chi connectivity index (χ0v) is 13.8. The monoisotopic (exact) mass is 279 g/mol. The van der Waals surface area contributed by atoms with Gasteiger partial charge < -0.3 is 5.73 Å². The fourth-order valence-electron chi connectivity index (χ4n) is 3.07. The van der Waals surface area contributed by atoms with Crippen LogP contribution in [0.15, 0.2) is 12.3 Å². The van der Waals surface area contributed by atoms with Gasteiger partial charge in [-0.2, -0.15) is 5.10 Å². The maximum absolute atomic E-state index is 6.42. The van der Waals surface area contributed by atoms with Crippen molar-refractivity contribution in [1.82, 2.24) is 9.78 Å². The van der Waals surface area contributed by atoms with Crippen molar-refractivity contribution < 1.29 is 0 Å². The van der Waals surface area contributed by atoms with Crippen molar-refractivity contribution in [2.75, 3.05) is 0 Å². The van der Waals surface area contributed by atoms with Crippen LogP contribution in [0.1, 0.15) is 78.0 Å². The summed E-state index contributed by atoms with van der Waals surface area (Å²) >= 11 is 0. The third kappa shape index (κ3) is 4.93. The normalized spacial score (nSPS) is 13.3. The number of hydrogen-bond donors (Lipinski definition) is 1. The summed E-state index contributed by atoms with van der Waals surface area (Å²) in [5, 5.41) is 4.73. The molecule has 3 nitrogen and oxygen atoms in total. The van der Waals surface area contributed by atoms with Crippen LogP contribution in [-0.4, -0.2) is 15.8 Å². The lowest BCUT2D eigenvalue weighted by Gasteiger charge is -2.22. The van der Waals surface area contributed by atoms with E-state index in [0.29, 0.717) is 12.0 Å². The largest absolute Gasteiger partial charge is 0.327 e. The van der Waals surface area contributed by atoms with E-state index in [-0.39, 0.29) is 6.04 Å². The Morgan fingerprint density at radius 1 is 1.10 bits per heavy atom. The molecule has 0 spiro atoms. The highest BCUT2D eigenvalue weighted by atomic mass is 15.3. The van der Waals surface area contributed by atoms with Crippen molar-refractivity contribution >= 4 is 0 Å². The molecule has 0 amide bonds. The van der Waals surface area contributed by atoms with Crippen LogP contribution in [0.2, 0.25) is 0 Å². The van der Waals surface area contributed by atoms with Crippen LogP contribution in [0, 0.1) is 5.92 Å². The van der Waals surface area contributed by atoms with Gasteiger partial charge in [-0.25, -0.2) is 0 Å². The minimum absolute atomic E-state index is 0.250. The zero-order valence-electron chi connectivity index (χ0n) is 13.8. The molecular formula is C17H33N3. The van der Waals surface area contributed by atoms with Crippen molar-refractivity contribution in [3.05, 3.63) is 18.0 Å². The molecule has 1 atom stereocenters. The molecule has 20 heavy (non-hydrogen) atoms. The number of rotatable bonds is 10. The fourth-order valence-corrected chi connectivity index (χ4v) is 3.07. The Morgan fingerprint density at radius 3 is 2.20 bits per heavy atom. The maximum Gasteiger partial charge on any atom is 0.0640 e. The van der Waals surface area contributed by atoms with Crippen molar-refractivity contribution in [3.8, 4) is 0 Å². The van der Waals surface area contributed by atoms with E-state index >= 15 is 0 Å². The molecule has 0 saturated heterocycles. The van der Waals surface area contributed by atoms with Crippen LogP contribution in [0.3, 0.4) is 0 Å². The molecule has 0 aromatic carbocycles. The van der Waals surface area contributed by atoms with E-state index in [1.165, 1.54) is 25.7 Å². The van der Waals surface area contributed by atoms with Gasteiger partial charge in [-0.3, -0.25) is 4.68 Å². The second-order valence-electron chi connectivity index (χ2n) is 5.96. The van der Waals surface area contributed by atoms with Crippen LogP contribution >= 0.6 is 0 Å². The van der Waals surface area contributed by atoms with E-state index in [4.69, 9.17) is 10.8 Å². The van der Waals surface area contributed by atoms with E-state index < -0.39 is 0 Å². The molecule has 0 aliphatic carbocycles. The van der Waals surface area contributed by atoms with Crippen LogP contribution in [0.4, 0.5) is 0 Å². The Hall–Kier alpha value is -0.830. The number of nitrogens with two attached hydrogens (primary N) is 1. The molecule has 0 fully saturated rings. The van der Waals surface area contributed by atoms with Gasteiger partial charge in [-0.05, 0) is 37.7 Å². The minimum atomic E-state index is 0.250. The van der Waals surface area contributed by atoms with Crippen molar-refractivity contribution in [2.45, 2.75) is 84.7 Å². The van der Waals surface area contributed by atoms with Crippen LogP contribution in [0.25, 0.3) is 0 Å². The molecule has 116 valence electrons. The Labute approximate surface area is 124 Å². The Balaban J connectivity index is 2.62. The highest BCUT2D eigenvalue weighted by Crippen LogP contribution is 2.20. The molecular weight excluding hydrogens is 246 g/mol. The molecule has 1 rings (SSSR count). The minimum Gasteiger partial charge on any atom is -0.327 e.